The standard InChI is InChI=1S/C61H117NO5/c1-3-5-7-9-11-13-15-17-19-22-26-29-33-37-41-45-49-53-59(64)58(57-63)62-60(65)54-50-46-42-38-34-30-27-23-20-21-24-28-32-36-40-44-48-52-56-67-61(66)55-51-47-43-39-35-31-25-18-16-14-12-10-8-6-4-2/h18,23,25,27,58-59,63-64H,3-17,19-22,24,26,28-57H2,1-2H3,(H,62,65)/b25-18-,27-23-. The number of rotatable bonds is 56. The van der Waals surface area contributed by atoms with Crippen molar-refractivity contribution in [1.82, 2.24) is 5.32 Å². The average molecular weight is 945 g/mol. The van der Waals surface area contributed by atoms with E-state index in [1.807, 2.05) is 0 Å². The minimum atomic E-state index is -0.673. The fourth-order valence-electron chi connectivity index (χ4n) is 9.34. The van der Waals surface area contributed by atoms with Crippen LogP contribution in [0.1, 0.15) is 328 Å². The molecular weight excluding hydrogens is 827 g/mol. The zero-order chi connectivity index (χ0) is 48.6. The number of ether oxygens (including phenoxy) is 1. The second kappa shape index (κ2) is 56.9. The number of carbonyl (C=O) groups is 2. The zero-order valence-corrected chi connectivity index (χ0v) is 45.1. The van der Waals surface area contributed by atoms with Crippen LogP contribution in [0.2, 0.25) is 0 Å². The largest absolute Gasteiger partial charge is 0.466 e. The number of allylic oxidation sites excluding steroid dienone is 4. The monoisotopic (exact) mass is 944 g/mol. The summed E-state index contributed by atoms with van der Waals surface area (Å²) in [4.78, 5) is 24.5. The van der Waals surface area contributed by atoms with E-state index in [9.17, 15) is 19.8 Å². The predicted molar refractivity (Wildman–Crippen MR) is 292 cm³/mol. The number of carbonyl (C=O) groups excluding carboxylic acids is 2. The van der Waals surface area contributed by atoms with Crippen molar-refractivity contribution in [2.24, 2.45) is 0 Å². The van der Waals surface area contributed by atoms with Gasteiger partial charge in [0.05, 0.1) is 25.4 Å². The van der Waals surface area contributed by atoms with Gasteiger partial charge >= 0.3 is 5.97 Å². The Hall–Kier alpha value is -1.66. The predicted octanol–water partition coefficient (Wildman–Crippen LogP) is 18.6. The Kier molecular flexibility index (Phi) is 55.5. The summed E-state index contributed by atoms with van der Waals surface area (Å²) in [6.45, 7) is 4.95. The molecule has 0 aliphatic heterocycles. The van der Waals surface area contributed by atoms with E-state index < -0.39 is 12.1 Å². The first-order chi connectivity index (χ1) is 33.0. The van der Waals surface area contributed by atoms with Crippen LogP contribution in [-0.4, -0.2) is 47.4 Å². The third-order valence-electron chi connectivity index (χ3n) is 14.0. The molecule has 0 radical (unpaired) electrons. The number of esters is 1. The molecule has 0 aliphatic carbocycles. The molecule has 0 aromatic carbocycles. The molecule has 0 saturated carbocycles. The van der Waals surface area contributed by atoms with Gasteiger partial charge in [-0.05, 0) is 77.0 Å². The molecule has 3 N–H and O–H groups in total. The molecular formula is C61H117NO5. The lowest BCUT2D eigenvalue weighted by Crippen LogP contribution is -2.45. The highest BCUT2D eigenvalue weighted by Crippen LogP contribution is 2.17. The molecule has 2 unspecified atom stereocenters. The molecule has 0 aromatic rings. The lowest BCUT2D eigenvalue weighted by molar-refractivity contribution is -0.143. The summed E-state index contributed by atoms with van der Waals surface area (Å²) >= 11 is 0. The maximum absolute atomic E-state index is 12.5. The molecule has 6 heteroatoms. The van der Waals surface area contributed by atoms with Crippen molar-refractivity contribution in [1.29, 1.82) is 0 Å². The molecule has 2 atom stereocenters. The van der Waals surface area contributed by atoms with Crippen LogP contribution in [0, 0.1) is 0 Å². The number of amides is 1. The number of unbranched alkanes of at least 4 members (excludes halogenated alkanes) is 41. The Morgan fingerprint density at radius 2 is 0.701 bits per heavy atom. The quantitative estimate of drug-likeness (QED) is 0.0321. The molecule has 0 fully saturated rings. The fourth-order valence-corrected chi connectivity index (χ4v) is 9.34. The van der Waals surface area contributed by atoms with E-state index in [1.165, 1.54) is 238 Å². The summed E-state index contributed by atoms with van der Waals surface area (Å²) < 4.78 is 5.47. The van der Waals surface area contributed by atoms with Crippen molar-refractivity contribution < 1.29 is 24.5 Å². The van der Waals surface area contributed by atoms with Gasteiger partial charge in [-0.25, -0.2) is 0 Å². The van der Waals surface area contributed by atoms with Crippen LogP contribution in [0.3, 0.4) is 0 Å². The Labute approximate surface area is 418 Å². The lowest BCUT2D eigenvalue weighted by Gasteiger charge is -2.22. The maximum atomic E-state index is 12.5. The van der Waals surface area contributed by atoms with Crippen molar-refractivity contribution in [2.45, 2.75) is 341 Å². The average Bonchev–Trinajstić information content (AvgIpc) is 3.33. The second-order valence-corrected chi connectivity index (χ2v) is 20.7. The molecule has 0 heterocycles. The van der Waals surface area contributed by atoms with Gasteiger partial charge in [-0.2, -0.15) is 0 Å². The molecule has 0 spiro atoms. The van der Waals surface area contributed by atoms with Crippen LogP contribution in [0.5, 0.6) is 0 Å². The summed E-state index contributed by atoms with van der Waals surface area (Å²) in [6.07, 6.45) is 68.9. The van der Waals surface area contributed by atoms with Crippen molar-refractivity contribution in [2.75, 3.05) is 13.2 Å². The number of nitrogens with one attached hydrogen (secondary N) is 1. The fraction of sp³-hybridized carbons (Fsp3) is 0.902. The van der Waals surface area contributed by atoms with Crippen molar-refractivity contribution in [3.8, 4) is 0 Å². The van der Waals surface area contributed by atoms with Gasteiger partial charge in [-0.3, -0.25) is 9.59 Å². The highest BCUT2D eigenvalue weighted by atomic mass is 16.5. The Morgan fingerprint density at radius 1 is 0.403 bits per heavy atom. The van der Waals surface area contributed by atoms with E-state index in [-0.39, 0.29) is 18.5 Å². The first-order valence-corrected chi connectivity index (χ1v) is 30.1. The Morgan fingerprint density at radius 3 is 1.06 bits per heavy atom. The minimum Gasteiger partial charge on any atom is -0.466 e. The van der Waals surface area contributed by atoms with E-state index in [4.69, 9.17) is 4.74 Å². The molecule has 396 valence electrons. The molecule has 0 rings (SSSR count). The molecule has 0 aromatic heterocycles. The zero-order valence-electron chi connectivity index (χ0n) is 45.1. The Bertz CT molecular complexity index is 1040. The number of aliphatic hydroxyl groups is 2. The van der Waals surface area contributed by atoms with Crippen molar-refractivity contribution >= 4 is 11.9 Å². The molecule has 0 aliphatic rings. The van der Waals surface area contributed by atoms with Gasteiger partial charge in [0, 0.05) is 12.8 Å². The first-order valence-electron chi connectivity index (χ1n) is 30.1. The molecule has 6 nitrogen and oxygen atoms in total. The number of hydrogen-bond acceptors (Lipinski definition) is 5. The maximum Gasteiger partial charge on any atom is 0.305 e. The van der Waals surface area contributed by atoms with Crippen LogP contribution in [-0.2, 0) is 14.3 Å². The lowest BCUT2D eigenvalue weighted by atomic mass is 10.0. The molecule has 0 bridgehead atoms. The van der Waals surface area contributed by atoms with Crippen molar-refractivity contribution in [3.63, 3.8) is 0 Å². The van der Waals surface area contributed by atoms with Gasteiger partial charge in [-0.1, -0.05) is 263 Å². The van der Waals surface area contributed by atoms with Gasteiger partial charge in [0.2, 0.25) is 5.91 Å². The summed E-state index contributed by atoms with van der Waals surface area (Å²) in [5, 5.41) is 23.3. The summed E-state index contributed by atoms with van der Waals surface area (Å²) in [7, 11) is 0. The van der Waals surface area contributed by atoms with E-state index >= 15 is 0 Å². The summed E-state index contributed by atoms with van der Waals surface area (Å²) in [5.74, 6) is -0.0519. The summed E-state index contributed by atoms with van der Waals surface area (Å²) in [6, 6.07) is -0.552. The molecule has 67 heavy (non-hydrogen) atoms. The normalized spacial score (nSPS) is 12.7. The number of aliphatic hydroxyl groups excluding tert-OH is 2. The van der Waals surface area contributed by atoms with Crippen LogP contribution < -0.4 is 5.32 Å². The smallest absolute Gasteiger partial charge is 0.305 e. The number of hydrogen-bond donors (Lipinski definition) is 3. The molecule has 1 amide bonds. The van der Waals surface area contributed by atoms with Gasteiger partial charge < -0.3 is 20.3 Å². The van der Waals surface area contributed by atoms with E-state index in [0.29, 0.717) is 25.9 Å². The SMILES string of the molecule is CCCCCCCC/C=C\CCCCCCCC(=O)OCCCCCCCCCCC/C=C\CCCCCCCC(=O)NC(CO)C(O)CCCCCCCCCCCCCCCCCCC. The van der Waals surface area contributed by atoms with Gasteiger partial charge in [0.25, 0.3) is 0 Å². The van der Waals surface area contributed by atoms with Crippen molar-refractivity contribution in [3.05, 3.63) is 24.3 Å². The second-order valence-electron chi connectivity index (χ2n) is 20.7. The summed E-state index contributed by atoms with van der Waals surface area (Å²) in [5.41, 5.74) is 0. The third kappa shape index (κ3) is 53.5. The Balaban J connectivity index is 3.45. The van der Waals surface area contributed by atoms with Crippen LogP contribution in [0.4, 0.5) is 0 Å². The van der Waals surface area contributed by atoms with Gasteiger partial charge in [-0.15, -0.1) is 0 Å². The highest BCUT2D eigenvalue weighted by molar-refractivity contribution is 5.76. The minimum absolute atomic E-state index is 0.00453. The van der Waals surface area contributed by atoms with E-state index in [2.05, 4.69) is 43.5 Å². The molecule has 0 saturated heterocycles. The van der Waals surface area contributed by atoms with Crippen LogP contribution >= 0.6 is 0 Å². The highest BCUT2D eigenvalue weighted by Gasteiger charge is 2.20. The van der Waals surface area contributed by atoms with E-state index in [0.717, 1.165) is 57.8 Å². The van der Waals surface area contributed by atoms with Crippen LogP contribution in [0.15, 0.2) is 24.3 Å². The van der Waals surface area contributed by atoms with Gasteiger partial charge in [0.1, 0.15) is 0 Å². The topological polar surface area (TPSA) is 95.9 Å². The van der Waals surface area contributed by atoms with Gasteiger partial charge in [0.15, 0.2) is 0 Å². The third-order valence-corrected chi connectivity index (χ3v) is 14.0. The van der Waals surface area contributed by atoms with Crippen LogP contribution in [0.25, 0.3) is 0 Å². The first kappa shape index (κ1) is 65.3. The van der Waals surface area contributed by atoms with E-state index in [1.54, 1.807) is 0 Å².